The van der Waals surface area contributed by atoms with E-state index in [1.54, 1.807) is 4.90 Å². The Morgan fingerprint density at radius 2 is 2.06 bits per heavy atom. The zero-order chi connectivity index (χ0) is 12.3. The maximum Gasteiger partial charge on any atom is 0.308 e. The fourth-order valence-corrected chi connectivity index (χ4v) is 2.23. The SMILES string of the molecule is O=C(O)[C@@H]1CCCN(C(=O)CCNC2CC2)C1. The predicted octanol–water partition coefficient (Wildman–Crippen LogP) is 0.452. The van der Waals surface area contributed by atoms with E-state index in [1.807, 2.05) is 0 Å². The number of amides is 1. The summed E-state index contributed by atoms with van der Waals surface area (Å²) in [5, 5.41) is 12.2. The molecule has 1 amide bonds. The minimum Gasteiger partial charge on any atom is -0.481 e. The molecule has 0 unspecified atom stereocenters. The first-order valence-electron chi connectivity index (χ1n) is 6.41. The van der Waals surface area contributed by atoms with Gasteiger partial charge in [0.05, 0.1) is 5.92 Å². The Morgan fingerprint density at radius 1 is 1.29 bits per heavy atom. The van der Waals surface area contributed by atoms with Crippen molar-refractivity contribution in [3.63, 3.8) is 0 Å². The van der Waals surface area contributed by atoms with Gasteiger partial charge in [-0.15, -0.1) is 0 Å². The van der Waals surface area contributed by atoms with Crippen LogP contribution in [-0.4, -0.2) is 47.6 Å². The lowest BCUT2D eigenvalue weighted by Gasteiger charge is -2.30. The highest BCUT2D eigenvalue weighted by molar-refractivity contribution is 5.78. The van der Waals surface area contributed by atoms with Crippen LogP contribution in [0.5, 0.6) is 0 Å². The Morgan fingerprint density at radius 3 is 2.71 bits per heavy atom. The molecule has 5 heteroatoms. The van der Waals surface area contributed by atoms with E-state index in [-0.39, 0.29) is 11.8 Å². The molecule has 0 aromatic rings. The molecule has 1 saturated carbocycles. The van der Waals surface area contributed by atoms with Crippen molar-refractivity contribution in [2.75, 3.05) is 19.6 Å². The van der Waals surface area contributed by atoms with Gasteiger partial charge >= 0.3 is 5.97 Å². The second-order valence-electron chi connectivity index (χ2n) is 5.00. The van der Waals surface area contributed by atoms with Crippen molar-refractivity contribution in [3.05, 3.63) is 0 Å². The molecule has 0 spiro atoms. The maximum atomic E-state index is 11.9. The number of rotatable bonds is 5. The first kappa shape index (κ1) is 12.4. The second kappa shape index (κ2) is 5.49. The Labute approximate surface area is 101 Å². The van der Waals surface area contributed by atoms with E-state index >= 15 is 0 Å². The number of nitrogens with zero attached hydrogens (tertiary/aromatic N) is 1. The van der Waals surface area contributed by atoms with Gasteiger partial charge in [-0.3, -0.25) is 9.59 Å². The number of carboxylic acids is 1. The molecular formula is C12H20N2O3. The smallest absolute Gasteiger partial charge is 0.308 e. The maximum absolute atomic E-state index is 11.9. The van der Waals surface area contributed by atoms with Gasteiger partial charge in [-0.25, -0.2) is 0 Å². The molecule has 2 fully saturated rings. The molecule has 0 aromatic heterocycles. The summed E-state index contributed by atoms with van der Waals surface area (Å²) in [4.78, 5) is 24.5. The van der Waals surface area contributed by atoms with Crippen molar-refractivity contribution >= 4 is 11.9 Å². The fraction of sp³-hybridized carbons (Fsp3) is 0.833. The average Bonchev–Trinajstić information content (AvgIpc) is 3.13. The molecule has 0 radical (unpaired) electrons. The number of hydrogen-bond acceptors (Lipinski definition) is 3. The summed E-state index contributed by atoms with van der Waals surface area (Å²) in [7, 11) is 0. The summed E-state index contributed by atoms with van der Waals surface area (Å²) in [5.74, 6) is -1.06. The van der Waals surface area contributed by atoms with Gasteiger partial charge in [-0.05, 0) is 25.7 Å². The van der Waals surface area contributed by atoms with Crippen molar-refractivity contribution in [2.24, 2.45) is 5.92 Å². The van der Waals surface area contributed by atoms with Crippen molar-refractivity contribution < 1.29 is 14.7 Å². The number of nitrogens with one attached hydrogen (secondary N) is 1. The van der Waals surface area contributed by atoms with E-state index in [2.05, 4.69) is 5.32 Å². The lowest BCUT2D eigenvalue weighted by atomic mass is 9.98. The van der Waals surface area contributed by atoms with Crippen LogP contribution >= 0.6 is 0 Å². The Balaban J connectivity index is 1.71. The van der Waals surface area contributed by atoms with Gasteiger partial charge in [-0.2, -0.15) is 0 Å². The number of carbonyl (C=O) groups is 2. The van der Waals surface area contributed by atoms with Crippen LogP contribution in [0, 0.1) is 5.92 Å². The lowest BCUT2D eigenvalue weighted by Crippen LogP contribution is -2.43. The molecular weight excluding hydrogens is 220 g/mol. The normalized spacial score (nSPS) is 24.7. The molecule has 1 heterocycles. The van der Waals surface area contributed by atoms with Gasteiger partial charge in [0.25, 0.3) is 0 Å². The van der Waals surface area contributed by atoms with E-state index in [1.165, 1.54) is 12.8 Å². The highest BCUT2D eigenvalue weighted by Crippen LogP contribution is 2.19. The van der Waals surface area contributed by atoms with E-state index in [9.17, 15) is 9.59 Å². The zero-order valence-electron chi connectivity index (χ0n) is 10.0. The largest absolute Gasteiger partial charge is 0.481 e. The van der Waals surface area contributed by atoms with Crippen LogP contribution in [0.25, 0.3) is 0 Å². The minimum atomic E-state index is -0.779. The van der Waals surface area contributed by atoms with E-state index < -0.39 is 5.97 Å². The topological polar surface area (TPSA) is 69.6 Å². The van der Waals surface area contributed by atoms with Crippen molar-refractivity contribution in [2.45, 2.75) is 38.1 Å². The Hall–Kier alpha value is -1.10. The van der Waals surface area contributed by atoms with Crippen LogP contribution in [-0.2, 0) is 9.59 Å². The number of hydrogen-bond donors (Lipinski definition) is 2. The summed E-state index contributed by atoms with van der Waals surface area (Å²) < 4.78 is 0. The zero-order valence-corrected chi connectivity index (χ0v) is 10.0. The Kier molecular flexibility index (Phi) is 3.99. The minimum absolute atomic E-state index is 0.0871. The molecule has 2 aliphatic rings. The number of piperidine rings is 1. The molecule has 17 heavy (non-hydrogen) atoms. The molecule has 2 rings (SSSR count). The summed E-state index contributed by atoms with van der Waals surface area (Å²) in [6, 6.07) is 0.621. The molecule has 0 aromatic carbocycles. The van der Waals surface area contributed by atoms with Crippen LogP contribution in [0.2, 0.25) is 0 Å². The summed E-state index contributed by atoms with van der Waals surface area (Å²) in [5.41, 5.74) is 0. The fourth-order valence-electron chi connectivity index (χ4n) is 2.23. The molecule has 5 nitrogen and oxygen atoms in total. The third kappa shape index (κ3) is 3.70. The van der Waals surface area contributed by atoms with Gasteiger partial charge in [-0.1, -0.05) is 0 Å². The van der Waals surface area contributed by atoms with Crippen LogP contribution in [0.15, 0.2) is 0 Å². The molecule has 1 atom stereocenters. The number of carboxylic acid groups (broad SMARTS) is 1. The van der Waals surface area contributed by atoms with Crippen LogP contribution in [0.1, 0.15) is 32.1 Å². The van der Waals surface area contributed by atoms with Crippen LogP contribution in [0.4, 0.5) is 0 Å². The third-order valence-corrected chi connectivity index (χ3v) is 3.47. The van der Waals surface area contributed by atoms with E-state index in [0.717, 1.165) is 13.0 Å². The van der Waals surface area contributed by atoms with Gasteiger partial charge in [0.15, 0.2) is 0 Å². The molecule has 96 valence electrons. The monoisotopic (exact) mass is 240 g/mol. The van der Waals surface area contributed by atoms with Gasteiger partial charge in [0.1, 0.15) is 0 Å². The molecule has 1 aliphatic carbocycles. The predicted molar refractivity (Wildman–Crippen MR) is 62.6 cm³/mol. The quantitative estimate of drug-likeness (QED) is 0.732. The highest BCUT2D eigenvalue weighted by atomic mass is 16.4. The van der Waals surface area contributed by atoms with Crippen molar-refractivity contribution in [1.29, 1.82) is 0 Å². The van der Waals surface area contributed by atoms with E-state index in [4.69, 9.17) is 5.11 Å². The summed E-state index contributed by atoms with van der Waals surface area (Å²) in [6.07, 6.45) is 4.43. The van der Waals surface area contributed by atoms with Gasteiger partial charge in [0.2, 0.25) is 5.91 Å². The van der Waals surface area contributed by atoms with E-state index in [0.29, 0.717) is 32.0 Å². The number of likely N-dealkylation sites (tertiary alicyclic amines) is 1. The first-order chi connectivity index (χ1) is 8.16. The highest BCUT2D eigenvalue weighted by Gasteiger charge is 2.28. The molecule has 0 bridgehead atoms. The van der Waals surface area contributed by atoms with Gasteiger partial charge < -0.3 is 15.3 Å². The summed E-state index contributed by atoms with van der Waals surface area (Å²) >= 11 is 0. The van der Waals surface area contributed by atoms with Crippen LogP contribution in [0.3, 0.4) is 0 Å². The standard InChI is InChI=1S/C12H20N2O3/c15-11(5-6-13-10-3-4-10)14-7-1-2-9(8-14)12(16)17/h9-10,13H,1-8H2,(H,16,17)/t9-/m1/s1. The average molecular weight is 240 g/mol. The Bertz CT molecular complexity index is 302. The summed E-state index contributed by atoms with van der Waals surface area (Å²) in [6.45, 7) is 1.82. The molecule has 1 saturated heterocycles. The first-order valence-corrected chi connectivity index (χ1v) is 6.41. The van der Waals surface area contributed by atoms with Gasteiger partial charge in [0, 0.05) is 32.1 Å². The second-order valence-corrected chi connectivity index (χ2v) is 5.00. The van der Waals surface area contributed by atoms with Crippen molar-refractivity contribution in [3.8, 4) is 0 Å². The molecule has 1 aliphatic heterocycles. The molecule has 2 N–H and O–H groups in total. The number of aliphatic carboxylic acids is 1. The third-order valence-electron chi connectivity index (χ3n) is 3.47. The number of carbonyl (C=O) groups excluding carboxylic acids is 1. The van der Waals surface area contributed by atoms with Crippen molar-refractivity contribution in [1.82, 2.24) is 10.2 Å². The van der Waals surface area contributed by atoms with Crippen LogP contribution < -0.4 is 5.32 Å². The lowest BCUT2D eigenvalue weighted by molar-refractivity contribution is -0.145.